The quantitative estimate of drug-likeness (QED) is 0.662. The molecule has 0 spiro atoms. The average molecular weight is 222 g/mol. The van der Waals surface area contributed by atoms with Crippen molar-refractivity contribution in [2.75, 3.05) is 0 Å². The van der Waals surface area contributed by atoms with Crippen LogP contribution in [0, 0.1) is 0 Å². The predicted molar refractivity (Wildman–Crippen MR) is 41.6 cm³/mol. The van der Waals surface area contributed by atoms with Gasteiger partial charge in [-0.2, -0.15) is 0 Å². The summed E-state index contributed by atoms with van der Waals surface area (Å²) in [6, 6.07) is 9.45. The van der Waals surface area contributed by atoms with Gasteiger partial charge in [0.1, 0.15) is 0 Å². The summed E-state index contributed by atoms with van der Waals surface area (Å²) < 4.78 is 4.66. The Morgan fingerprint density at radius 1 is 1.00 bits per heavy atom. The molecule has 1 nitrogen and oxygen atoms in total. The third-order valence-electron chi connectivity index (χ3n) is 0.827. The third-order valence-corrected chi connectivity index (χ3v) is 1.09. The molecule has 10 heavy (non-hydrogen) atoms. The zero-order valence-corrected chi connectivity index (χ0v) is 7.70. The van der Waals surface area contributed by atoms with Crippen LogP contribution in [0.4, 0.5) is 0 Å². The van der Waals surface area contributed by atoms with Gasteiger partial charge in [-0.1, -0.05) is 0 Å². The monoisotopic (exact) mass is 221 g/mol. The Hall–Kier alpha value is 0.119. The van der Waals surface area contributed by atoms with Gasteiger partial charge >= 0.3 is 56.2 Å². The Labute approximate surface area is 81.1 Å². The molecular weight excluding hydrogens is 215 g/mol. The molecule has 0 aromatic heterocycles. The van der Waals surface area contributed by atoms with Crippen molar-refractivity contribution in [1.82, 2.24) is 0 Å². The normalized spacial score (nSPS) is 6.90. The van der Waals surface area contributed by atoms with E-state index in [2.05, 4.69) is 20.2 Å². The topological polar surface area (TPSA) is 9.23 Å². The van der Waals surface area contributed by atoms with Crippen LogP contribution in [0.3, 0.4) is 0 Å². The van der Waals surface area contributed by atoms with Crippen LogP contribution in [-0.2, 0) is 16.3 Å². The first-order valence-electron chi connectivity index (χ1n) is 2.26. The molecule has 0 fully saturated rings. The van der Waals surface area contributed by atoms with E-state index in [1.165, 1.54) is 0 Å². The SMILES string of the molecule is Cl.Cl.[Fe][O]c1ccccc1. The summed E-state index contributed by atoms with van der Waals surface area (Å²) in [4.78, 5) is 0. The second-order valence-electron chi connectivity index (χ2n) is 1.39. The Bertz CT molecular complexity index is 157. The molecule has 4 heteroatoms. The molecule has 1 aromatic rings. The number of benzene rings is 1. The second kappa shape index (κ2) is 7.23. The van der Waals surface area contributed by atoms with Gasteiger partial charge in [0, 0.05) is 0 Å². The fraction of sp³-hybridized carbons (Fsp3) is 0. The molecule has 0 aliphatic carbocycles. The zero-order valence-electron chi connectivity index (χ0n) is 4.97. The molecule has 0 unspecified atom stereocenters. The first kappa shape index (κ1) is 12.8. The molecule has 59 valence electrons. The number of para-hydroxylation sites is 1. The van der Waals surface area contributed by atoms with Crippen LogP contribution in [0.5, 0.6) is 5.75 Å². The Morgan fingerprint density at radius 2 is 1.50 bits per heavy atom. The van der Waals surface area contributed by atoms with E-state index in [0.717, 1.165) is 5.75 Å². The van der Waals surface area contributed by atoms with Crippen molar-refractivity contribution in [3.63, 3.8) is 0 Å². The van der Waals surface area contributed by atoms with E-state index >= 15 is 0 Å². The maximum absolute atomic E-state index is 4.66. The molecule has 0 aliphatic heterocycles. The Balaban J connectivity index is 0. The van der Waals surface area contributed by atoms with Gasteiger partial charge in [0.05, 0.1) is 0 Å². The van der Waals surface area contributed by atoms with Crippen molar-refractivity contribution in [3.8, 4) is 5.75 Å². The molecule has 1 aromatic carbocycles. The van der Waals surface area contributed by atoms with Crippen molar-refractivity contribution in [3.05, 3.63) is 30.3 Å². The number of hydrogen-bond donors (Lipinski definition) is 0. The van der Waals surface area contributed by atoms with E-state index < -0.39 is 0 Å². The standard InChI is InChI=1S/C6H6O.2ClH.Fe/c7-6-4-2-1-3-5-6;;;/h1-5,7H;2*1H;/q;;;+1/p-1. The van der Waals surface area contributed by atoms with Crippen LogP contribution in [-0.4, -0.2) is 0 Å². The van der Waals surface area contributed by atoms with E-state index in [4.69, 9.17) is 0 Å². The van der Waals surface area contributed by atoms with Crippen molar-refractivity contribution < 1.29 is 20.2 Å². The summed E-state index contributed by atoms with van der Waals surface area (Å²) in [5.74, 6) is 0.799. The van der Waals surface area contributed by atoms with Crippen molar-refractivity contribution >= 4 is 24.8 Å². The molecule has 1 rings (SSSR count). The fourth-order valence-electron chi connectivity index (χ4n) is 0.469. The number of rotatable bonds is 1. The Morgan fingerprint density at radius 3 is 1.80 bits per heavy atom. The third kappa shape index (κ3) is 4.02. The molecule has 0 amide bonds. The number of halogens is 2. The van der Waals surface area contributed by atoms with Crippen LogP contribution < -0.4 is 3.82 Å². The van der Waals surface area contributed by atoms with Gasteiger partial charge in [-0.25, -0.2) is 0 Å². The van der Waals surface area contributed by atoms with Gasteiger partial charge in [0.15, 0.2) is 0 Å². The number of hydrogen-bond acceptors (Lipinski definition) is 1. The van der Waals surface area contributed by atoms with Gasteiger partial charge in [0.2, 0.25) is 0 Å². The minimum absolute atomic E-state index is 0. The van der Waals surface area contributed by atoms with Crippen molar-refractivity contribution in [2.24, 2.45) is 0 Å². The van der Waals surface area contributed by atoms with Gasteiger partial charge in [-0.05, 0) is 0 Å². The zero-order chi connectivity index (χ0) is 5.82. The molecule has 0 saturated carbocycles. The summed E-state index contributed by atoms with van der Waals surface area (Å²) in [6.07, 6.45) is 0. The molecule has 0 bridgehead atoms. The van der Waals surface area contributed by atoms with Gasteiger partial charge in [-0.3, -0.25) is 0 Å². The van der Waals surface area contributed by atoms with E-state index in [0.29, 0.717) is 0 Å². The predicted octanol–water partition coefficient (Wildman–Crippen LogP) is 2.37. The molecule has 0 heterocycles. The van der Waals surface area contributed by atoms with Crippen LogP contribution >= 0.6 is 24.8 Å². The van der Waals surface area contributed by atoms with Gasteiger partial charge in [-0.15, -0.1) is 24.8 Å². The molecule has 0 atom stereocenters. The summed E-state index contributed by atoms with van der Waals surface area (Å²) in [5, 5.41) is 0. The van der Waals surface area contributed by atoms with Crippen LogP contribution in [0.15, 0.2) is 30.3 Å². The fourth-order valence-corrected chi connectivity index (χ4v) is 0.619. The van der Waals surface area contributed by atoms with Crippen LogP contribution in [0.2, 0.25) is 0 Å². The van der Waals surface area contributed by atoms with Crippen LogP contribution in [0.25, 0.3) is 0 Å². The van der Waals surface area contributed by atoms with E-state index in [1.54, 1.807) is 0 Å². The van der Waals surface area contributed by atoms with Crippen LogP contribution in [0.1, 0.15) is 0 Å². The van der Waals surface area contributed by atoms with Gasteiger partial charge < -0.3 is 0 Å². The summed E-state index contributed by atoms with van der Waals surface area (Å²) in [5.41, 5.74) is 0. The van der Waals surface area contributed by atoms with E-state index in [-0.39, 0.29) is 24.8 Å². The maximum atomic E-state index is 4.66. The van der Waals surface area contributed by atoms with E-state index in [1.807, 2.05) is 30.3 Å². The minimum atomic E-state index is 0. The molecule has 0 saturated heterocycles. The van der Waals surface area contributed by atoms with Crippen molar-refractivity contribution in [2.45, 2.75) is 0 Å². The van der Waals surface area contributed by atoms with Gasteiger partial charge in [0.25, 0.3) is 0 Å². The van der Waals surface area contributed by atoms with E-state index in [9.17, 15) is 0 Å². The second-order valence-corrected chi connectivity index (χ2v) is 1.61. The average Bonchev–Trinajstić information content (AvgIpc) is 1.90. The molecular formula is C6H7Cl2FeO. The molecule has 0 aliphatic rings. The summed E-state index contributed by atoms with van der Waals surface area (Å²) in [7, 11) is 0. The summed E-state index contributed by atoms with van der Waals surface area (Å²) >= 11 is 3.26. The molecule has 0 N–H and O–H groups in total. The first-order chi connectivity index (χ1) is 3.93. The molecule has 0 radical (unpaired) electrons. The Kier molecular flexibility index (Phi) is 9.23. The first-order valence-corrected chi connectivity index (χ1v) is 2.71. The summed E-state index contributed by atoms with van der Waals surface area (Å²) in [6.45, 7) is 0. The van der Waals surface area contributed by atoms with Crippen molar-refractivity contribution in [1.29, 1.82) is 0 Å².